The third-order valence-electron chi connectivity index (χ3n) is 2.95. The molecule has 0 bridgehead atoms. The molecule has 0 saturated carbocycles. The minimum absolute atomic E-state index is 0.0182. The zero-order valence-corrected chi connectivity index (χ0v) is 12.7. The molecule has 0 unspecified atom stereocenters. The van der Waals surface area contributed by atoms with Gasteiger partial charge in [-0.15, -0.1) is 0 Å². The highest BCUT2D eigenvalue weighted by molar-refractivity contribution is 14.1. The molecule has 0 radical (unpaired) electrons. The van der Waals surface area contributed by atoms with Gasteiger partial charge in [-0.3, -0.25) is 4.79 Å². The van der Waals surface area contributed by atoms with Crippen LogP contribution < -0.4 is 5.43 Å². The Morgan fingerprint density at radius 1 is 0.950 bits per heavy atom. The molecule has 3 rings (SSSR count). The summed E-state index contributed by atoms with van der Waals surface area (Å²) in [6, 6.07) is 17.0. The van der Waals surface area contributed by atoms with Crippen molar-refractivity contribution in [2.24, 2.45) is 0 Å². The van der Waals surface area contributed by atoms with E-state index < -0.39 is 0 Å². The van der Waals surface area contributed by atoms with Crippen molar-refractivity contribution < 1.29 is 4.42 Å². The van der Waals surface area contributed by atoms with Gasteiger partial charge < -0.3 is 4.42 Å². The number of hydrogen-bond acceptors (Lipinski definition) is 2. The summed E-state index contributed by atoms with van der Waals surface area (Å²) in [6.07, 6.45) is 3.74. The van der Waals surface area contributed by atoms with Crippen LogP contribution in [-0.4, -0.2) is 0 Å². The van der Waals surface area contributed by atoms with Crippen molar-refractivity contribution in [1.82, 2.24) is 0 Å². The minimum atomic E-state index is -0.0182. The maximum Gasteiger partial charge on any atom is 0.193 e. The summed E-state index contributed by atoms with van der Waals surface area (Å²) in [4.78, 5) is 12.0. The molecule has 2 aromatic carbocycles. The predicted molar refractivity (Wildman–Crippen MR) is 90.6 cm³/mol. The van der Waals surface area contributed by atoms with Gasteiger partial charge in [0, 0.05) is 9.64 Å². The molecule has 1 heterocycles. The van der Waals surface area contributed by atoms with E-state index in [0.29, 0.717) is 16.7 Å². The second-order valence-electron chi connectivity index (χ2n) is 4.40. The summed E-state index contributed by atoms with van der Waals surface area (Å²) < 4.78 is 6.80. The Hall–Kier alpha value is -1.88. The SMILES string of the molecule is O=c1cc(/C=C/c2ccccc2)oc2cc(I)ccc12. The molecule has 98 valence electrons. The molecule has 3 aromatic rings. The van der Waals surface area contributed by atoms with Gasteiger partial charge in [0.15, 0.2) is 5.43 Å². The van der Waals surface area contributed by atoms with Gasteiger partial charge in [-0.05, 0) is 52.4 Å². The molecule has 2 nitrogen and oxygen atoms in total. The second-order valence-corrected chi connectivity index (χ2v) is 5.64. The van der Waals surface area contributed by atoms with E-state index in [2.05, 4.69) is 22.6 Å². The molecular formula is C17H11IO2. The molecule has 0 saturated heterocycles. The Labute approximate surface area is 129 Å². The van der Waals surface area contributed by atoms with Crippen molar-refractivity contribution in [2.45, 2.75) is 0 Å². The zero-order chi connectivity index (χ0) is 13.9. The van der Waals surface area contributed by atoms with Crippen molar-refractivity contribution in [1.29, 1.82) is 0 Å². The van der Waals surface area contributed by atoms with Crippen molar-refractivity contribution >= 4 is 45.7 Å². The third-order valence-corrected chi connectivity index (χ3v) is 3.62. The Balaban J connectivity index is 2.05. The highest BCUT2D eigenvalue weighted by atomic mass is 127. The Bertz CT molecular complexity index is 832. The highest BCUT2D eigenvalue weighted by Gasteiger charge is 2.03. The summed E-state index contributed by atoms with van der Waals surface area (Å²) in [5.41, 5.74) is 1.67. The summed E-state index contributed by atoms with van der Waals surface area (Å²) >= 11 is 2.20. The predicted octanol–water partition coefficient (Wildman–Crippen LogP) is 4.57. The van der Waals surface area contributed by atoms with Crippen LogP contribution in [0.4, 0.5) is 0 Å². The van der Waals surface area contributed by atoms with Gasteiger partial charge in [0.05, 0.1) is 5.39 Å². The van der Waals surface area contributed by atoms with Crippen LogP contribution in [-0.2, 0) is 0 Å². The van der Waals surface area contributed by atoms with Crippen molar-refractivity contribution in [3.8, 4) is 0 Å². The molecule has 0 aliphatic heterocycles. The van der Waals surface area contributed by atoms with Crippen LogP contribution in [0.25, 0.3) is 23.1 Å². The molecule has 1 aromatic heterocycles. The summed E-state index contributed by atoms with van der Waals surface area (Å²) in [6.45, 7) is 0. The van der Waals surface area contributed by atoms with E-state index in [-0.39, 0.29) is 5.43 Å². The first-order valence-corrected chi connectivity index (χ1v) is 7.27. The van der Waals surface area contributed by atoms with Crippen molar-refractivity contribution in [2.75, 3.05) is 0 Å². The molecule has 0 fully saturated rings. The van der Waals surface area contributed by atoms with E-state index in [1.165, 1.54) is 6.07 Å². The number of rotatable bonds is 2. The van der Waals surface area contributed by atoms with Crippen LogP contribution in [0.1, 0.15) is 11.3 Å². The topological polar surface area (TPSA) is 30.2 Å². The lowest BCUT2D eigenvalue weighted by Crippen LogP contribution is -2.00. The average Bonchev–Trinajstić information content (AvgIpc) is 2.46. The summed E-state index contributed by atoms with van der Waals surface area (Å²) in [5, 5.41) is 0.613. The van der Waals surface area contributed by atoms with Gasteiger partial charge in [0.25, 0.3) is 0 Å². The first-order chi connectivity index (χ1) is 9.72. The van der Waals surface area contributed by atoms with Crippen molar-refractivity contribution in [3.05, 3.63) is 79.7 Å². The molecule has 0 aliphatic rings. The molecule has 0 atom stereocenters. The number of hydrogen-bond donors (Lipinski definition) is 0. The van der Waals surface area contributed by atoms with E-state index in [1.807, 2.05) is 54.6 Å². The van der Waals surface area contributed by atoms with Crippen LogP contribution in [0, 0.1) is 3.57 Å². The van der Waals surface area contributed by atoms with Crippen LogP contribution in [0.15, 0.2) is 63.8 Å². The monoisotopic (exact) mass is 374 g/mol. The fourth-order valence-corrected chi connectivity index (χ4v) is 2.43. The molecule has 0 aliphatic carbocycles. The zero-order valence-electron chi connectivity index (χ0n) is 10.5. The quantitative estimate of drug-likeness (QED) is 0.616. The third kappa shape index (κ3) is 2.82. The van der Waals surface area contributed by atoms with Gasteiger partial charge in [0.2, 0.25) is 0 Å². The van der Waals surface area contributed by atoms with Crippen molar-refractivity contribution in [3.63, 3.8) is 0 Å². The van der Waals surface area contributed by atoms with Gasteiger partial charge >= 0.3 is 0 Å². The minimum Gasteiger partial charge on any atom is -0.456 e. The second kappa shape index (κ2) is 5.63. The number of fused-ring (bicyclic) bond motifs is 1. The first kappa shape index (κ1) is 13.1. The van der Waals surface area contributed by atoms with Crippen LogP contribution in [0.2, 0.25) is 0 Å². The van der Waals surface area contributed by atoms with E-state index in [0.717, 1.165) is 9.13 Å². The summed E-state index contributed by atoms with van der Waals surface area (Å²) in [5.74, 6) is 0.563. The average molecular weight is 374 g/mol. The van der Waals surface area contributed by atoms with Gasteiger partial charge in [-0.2, -0.15) is 0 Å². The largest absolute Gasteiger partial charge is 0.456 e. The summed E-state index contributed by atoms with van der Waals surface area (Å²) in [7, 11) is 0. The van der Waals surface area contributed by atoms with Crippen LogP contribution in [0.3, 0.4) is 0 Å². The van der Waals surface area contributed by atoms with Crippen LogP contribution >= 0.6 is 22.6 Å². The van der Waals surface area contributed by atoms with E-state index >= 15 is 0 Å². The molecule has 0 amide bonds. The van der Waals surface area contributed by atoms with Gasteiger partial charge in [-0.1, -0.05) is 36.4 Å². The fourth-order valence-electron chi connectivity index (χ4n) is 1.97. The Kier molecular flexibility index (Phi) is 3.69. The maximum absolute atomic E-state index is 12.0. The molecule has 20 heavy (non-hydrogen) atoms. The molecule has 0 spiro atoms. The van der Waals surface area contributed by atoms with Crippen LogP contribution in [0.5, 0.6) is 0 Å². The standard InChI is InChI=1S/C17H11IO2/c18-13-7-9-15-16(19)11-14(20-17(15)10-13)8-6-12-4-2-1-3-5-12/h1-11H/b8-6+. The lowest BCUT2D eigenvalue weighted by atomic mass is 10.2. The van der Waals surface area contributed by atoms with E-state index in [4.69, 9.17) is 4.42 Å². The molecule has 0 N–H and O–H groups in total. The van der Waals surface area contributed by atoms with Gasteiger partial charge in [0.1, 0.15) is 11.3 Å². The van der Waals surface area contributed by atoms with Gasteiger partial charge in [-0.25, -0.2) is 0 Å². The molecule has 3 heteroatoms. The lowest BCUT2D eigenvalue weighted by Gasteiger charge is -1.99. The molecular weight excluding hydrogens is 363 g/mol. The Morgan fingerprint density at radius 2 is 1.75 bits per heavy atom. The fraction of sp³-hybridized carbons (Fsp3) is 0. The van der Waals surface area contributed by atoms with E-state index in [9.17, 15) is 4.79 Å². The smallest absolute Gasteiger partial charge is 0.193 e. The number of benzene rings is 2. The Morgan fingerprint density at radius 3 is 2.55 bits per heavy atom. The first-order valence-electron chi connectivity index (χ1n) is 6.19. The van der Waals surface area contributed by atoms with E-state index in [1.54, 1.807) is 6.07 Å². The lowest BCUT2D eigenvalue weighted by molar-refractivity contribution is 0.591. The number of halogens is 1. The highest BCUT2D eigenvalue weighted by Crippen LogP contribution is 2.17. The maximum atomic E-state index is 12.0. The normalized spacial score (nSPS) is 11.2.